The zero-order chi connectivity index (χ0) is 23.5. The van der Waals surface area contributed by atoms with Crippen molar-refractivity contribution < 1.29 is 21.6 Å². The van der Waals surface area contributed by atoms with E-state index in [1.165, 1.54) is 16.4 Å². The molecule has 2 aromatic rings. The fourth-order valence-corrected chi connectivity index (χ4v) is 6.05. The van der Waals surface area contributed by atoms with Crippen LogP contribution in [0.1, 0.15) is 43.4 Å². The summed E-state index contributed by atoms with van der Waals surface area (Å²) in [6.07, 6.45) is 3.01. The normalized spacial score (nSPS) is 18.8. The Morgan fingerprint density at radius 2 is 1.62 bits per heavy atom. The number of sulfone groups is 1. The smallest absolute Gasteiger partial charge is 0.243 e. The minimum absolute atomic E-state index is 0.144. The molecule has 1 heterocycles. The molecule has 7 nitrogen and oxygen atoms in total. The van der Waals surface area contributed by atoms with Gasteiger partial charge in [0.1, 0.15) is 0 Å². The molecule has 0 saturated carbocycles. The van der Waals surface area contributed by atoms with Crippen LogP contribution in [-0.4, -0.2) is 46.4 Å². The lowest BCUT2D eigenvalue weighted by molar-refractivity contribution is -0.126. The molecule has 0 aromatic heterocycles. The van der Waals surface area contributed by atoms with E-state index in [2.05, 4.69) is 5.32 Å². The van der Waals surface area contributed by atoms with Crippen molar-refractivity contribution in [3.63, 3.8) is 0 Å². The number of benzene rings is 2. The average molecular weight is 479 g/mol. The molecular formula is C23H30N2O5S2. The maximum atomic E-state index is 13.0. The summed E-state index contributed by atoms with van der Waals surface area (Å²) < 4.78 is 50.8. The van der Waals surface area contributed by atoms with E-state index in [9.17, 15) is 21.6 Å². The first kappa shape index (κ1) is 24.4. The summed E-state index contributed by atoms with van der Waals surface area (Å²) in [6, 6.07) is 12.9. The quantitative estimate of drug-likeness (QED) is 0.659. The van der Waals surface area contributed by atoms with Crippen LogP contribution < -0.4 is 5.32 Å². The van der Waals surface area contributed by atoms with E-state index in [0.29, 0.717) is 25.8 Å². The van der Waals surface area contributed by atoms with Gasteiger partial charge in [0.15, 0.2) is 9.84 Å². The lowest BCUT2D eigenvalue weighted by Gasteiger charge is -2.32. The van der Waals surface area contributed by atoms with Gasteiger partial charge in [-0.15, -0.1) is 0 Å². The first-order chi connectivity index (χ1) is 15.0. The highest BCUT2D eigenvalue weighted by molar-refractivity contribution is 7.90. The molecule has 1 fully saturated rings. The number of piperidine rings is 1. The van der Waals surface area contributed by atoms with Crippen molar-refractivity contribution in [3.05, 3.63) is 59.7 Å². The summed E-state index contributed by atoms with van der Waals surface area (Å²) in [5.41, 5.74) is 1.79. The first-order valence-electron chi connectivity index (χ1n) is 10.7. The van der Waals surface area contributed by atoms with E-state index < -0.39 is 25.8 Å². The SMILES string of the molecule is CC[C@H](NC(=O)[C@@H]1CCCN(S(=O)(=O)c2ccc(C)cc2)C1)c1ccc(S(C)(=O)=O)cc1. The highest BCUT2D eigenvalue weighted by Gasteiger charge is 2.34. The number of aryl methyl sites for hydroxylation is 1. The minimum atomic E-state index is -3.65. The summed E-state index contributed by atoms with van der Waals surface area (Å²) in [4.78, 5) is 13.5. The van der Waals surface area contributed by atoms with Crippen LogP contribution in [0.5, 0.6) is 0 Å². The van der Waals surface area contributed by atoms with Crippen molar-refractivity contribution in [2.75, 3.05) is 19.3 Å². The van der Waals surface area contributed by atoms with Crippen molar-refractivity contribution in [1.29, 1.82) is 0 Å². The second-order valence-corrected chi connectivity index (χ2v) is 12.3. The van der Waals surface area contributed by atoms with Crippen LogP contribution in [-0.2, 0) is 24.7 Å². The van der Waals surface area contributed by atoms with Crippen LogP contribution in [0.4, 0.5) is 0 Å². The van der Waals surface area contributed by atoms with Gasteiger partial charge in [0.05, 0.1) is 21.8 Å². The Morgan fingerprint density at radius 3 is 2.19 bits per heavy atom. The van der Waals surface area contributed by atoms with Gasteiger partial charge in [-0.1, -0.05) is 36.8 Å². The number of nitrogens with one attached hydrogen (secondary N) is 1. The van der Waals surface area contributed by atoms with Crippen molar-refractivity contribution in [2.45, 2.75) is 48.9 Å². The Labute approximate surface area is 190 Å². The Morgan fingerprint density at radius 1 is 1.03 bits per heavy atom. The van der Waals surface area contributed by atoms with Crippen molar-refractivity contribution in [3.8, 4) is 0 Å². The highest BCUT2D eigenvalue weighted by atomic mass is 32.2. The molecule has 32 heavy (non-hydrogen) atoms. The van der Waals surface area contributed by atoms with Gasteiger partial charge in [0.2, 0.25) is 15.9 Å². The number of sulfonamides is 1. The Kier molecular flexibility index (Phi) is 7.42. The van der Waals surface area contributed by atoms with Gasteiger partial charge in [-0.3, -0.25) is 4.79 Å². The topological polar surface area (TPSA) is 101 Å². The number of rotatable bonds is 7. The van der Waals surface area contributed by atoms with Gasteiger partial charge in [-0.25, -0.2) is 16.8 Å². The minimum Gasteiger partial charge on any atom is -0.349 e. The third-order valence-electron chi connectivity index (χ3n) is 5.85. The molecule has 9 heteroatoms. The monoisotopic (exact) mass is 478 g/mol. The number of amides is 1. The summed E-state index contributed by atoms with van der Waals surface area (Å²) in [5.74, 6) is -0.624. The van der Waals surface area contributed by atoms with Crippen LogP contribution in [0.3, 0.4) is 0 Å². The molecule has 1 saturated heterocycles. The van der Waals surface area contributed by atoms with Crippen LogP contribution in [0.2, 0.25) is 0 Å². The highest BCUT2D eigenvalue weighted by Crippen LogP contribution is 2.26. The van der Waals surface area contributed by atoms with Crippen LogP contribution in [0.15, 0.2) is 58.3 Å². The Bertz CT molecular complexity index is 1160. The number of carbonyl (C=O) groups is 1. The molecule has 1 aliphatic rings. The molecule has 1 N–H and O–H groups in total. The first-order valence-corrected chi connectivity index (χ1v) is 14.0. The van der Waals surface area contributed by atoms with E-state index in [0.717, 1.165) is 17.4 Å². The predicted octanol–water partition coefficient (Wildman–Crippen LogP) is 3.07. The average Bonchev–Trinajstić information content (AvgIpc) is 2.77. The van der Waals surface area contributed by atoms with Gasteiger partial charge >= 0.3 is 0 Å². The molecular weight excluding hydrogens is 448 g/mol. The van der Waals surface area contributed by atoms with Crippen LogP contribution in [0, 0.1) is 12.8 Å². The van der Waals surface area contributed by atoms with Crippen molar-refractivity contribution >= 4 is 25.8 Å². The summed E-state index contributed by atoms with van der Waals surface area (Å²) >= 11 is 0. The lowest BCUT2D eigenvalue weighted by atomic mass is 9.97. The second-order valence-electron chi connectivity index (χ2n) is 8.33. The van der Waals surface area contributed by atoms with Gasteiger partial charge in [-0.05, 0) is 56.0 Å². The molecule has 1 aliphatic heterocycles. The fourth-order valence-electron chi connectivity index (χ4n) is 3.89. The van der Waals surface area contributed by atoms with Crippen molar-refractivity contribution in [1.82, 2.24) is 9.62 Å². The molecule has 174 valence electrons. The lowest BCUT2D eigenvalue weighted by Crippen LogP contribution is -2.46. The zero-order valence-corrected chi connectivity index (χ0v) is 20.2. The zero-order valence-electron chi connectivity index (χ0n) is 18.6. The molecule has 0 unspecified atom stereocenters. The van der Waals surface area contributed by atoms with Gasteiger partial charge in [0, 0.05) is 19.3 Å². The number of carbonyl (C=O) groups excluding carboxylic acids is 1. The molecule has 0 bridgehead atoms. The Hall–Kier alpha value is -2.23. The number of hydrogen-bond donors (Lipinski definition) is 1. The van der Waals surface area contributed by atoms with Gasteiger partial charge < -0.3 is 5.32 Å². The maximum absolute atomic E-state index is 13.0. The maximum Gasteiger partial charge on any atom is 0.243 e. The van der Waals surface area contributed by atoms with E-state index in [-0.39, 0.29) is 28.3 Å². The van der Waals surface area contributed by atoms with E-state index in [1.807, 2.05) is 13.8 Å². The third-order valence-corrected chi connectivity index (χ3v) is 8.86. The van der Waals surface area contributed by atoms with E-state index in [1.54, 1.807) is 36.4 Å². The molecule has 3 rings (SSSR count). The second kappa shape index (κ2) is 9.72. The molecule has 0 aliphatic carbocycles. The molecule has 1 amide bonds. The molecule has 2 atom stereocenters. The standard InChI is InChI=1S/C23H30N2O5S2/c1-4-22(18-9-13-20(14-10-18)31(3,27)28)24-23(26)19-6-5-15-25(16-19)32(29,30)21-11-7-17(2)8-12-21/h7-14,19,22H,4-6,15-16H2,1-3H3,(H,24,26)/t19-,22+/m1/s1. The summed E-state index contributed by atoms with van der Waals surface area (Å²) in [5, 5.41) is 3.02. The van der Waals surface area contributed by atoms with E-state index in [4.69, 9.17) is 0 Å². The van der Waals surface area contributed by atoms with Crippen LogP contribution in [0.25, 0.3) is 0 Å². The van der Waals surface area contributed by atoms with Crippen molar-refractivity contribution in [2.24, 2.45) is 5.92 Å². The summed E-state index contributed by atoms with van der Waals surface area (Å²) in [7, 11) is -6.94. The molecule has 2 aromatic carbocycles. The predicted molar refractivity (Wildman–Crippen MR) is 123 cm³/mol. The molecule has 0 radical (unpaired) electrons. The van der Waals surface area contributed by atoms with Gasteiger partial charge in [0.25, 0.3) is 0 Å². The third kappa shape index (κ3) is 5.57. The Balaban J connectivity index is 1.70. The van der Waals surface area contributed by atoms with Gasteiger partial charge in [-0.2, -0.15) is 4.31 Å². The number of hydrogen-bond acceptors (Lipinski definition) is 5. The number of nitrogens with zero attached hydrogens (tertiary/aromatic N) is 1. The van der Waals surface area contributed by atoms with Crippen LogP contribution >= 0.6 is 0 Å². The van der Waals surface area contributed by atoms with E-state index >= 15 is 0 Å². The summed E-state index contributed by atoms with van der Waals surface area (Å²) in [6.45, 7) is 4.37. The molecule has 0 spiro atoms. The largest absolute Gasteiger partial charge is 0.349 e. The fraction of sp³-hybridized carbons (Fsp3) is 0.435.